The summed E-state index contributed by atoms with van der Waals surface area (Å²) in [6.45, 7) is 7.36. The van der Waals surface area contributed by atoms with Gasteiger partial charge in [0.05, 0.1) is 18.2 Å². The van der Waals surface area contributed by atoms with Crippen molar-refractivity contribution in [1.82, 2.24) is 14.7 Å². The fraction of sp³-hybridized carbons (Fsp3) is 0.517. The van der Waals surface area contributed by atoms with Crippen molar-refractivity contribution >= 4 is 11.8 Å². The molecule has 0 bridgehead atoms. The fourth-order valence-electron chi connectivity index (χ4n) is 5.09. The number of nitrogens with zero attached hydrogens (tertiary/aromatic N) is 3. The van der Waals surface area contributed by atoms with E-state index < -0.39 is 0 Å². The molecule has 6 heteroatoms. The second-order valence-corrected chi connectivity index (χ2v) is 9.75. The van der Waals surface area contributed by atoms with Crippen LogP contribution in [-0.4, -0.2) is 72.9 Å². The van der Waals surface area contributed by atoms with Crippen molar-refractivity contribution in [2.75, 3.05) is 46.4 Å². The summed E-state index contributed by atoms with van der Waals surface area (Å²) in [6.07, 6.45) is 8.20. The monoisotopic (exact) mass is 477 g/mol. The molecule has 0 radical (unpaired) electrons. The van der Waals surface area contributed by atoms with Gasteiger partial charge in [0.1, 0.15) is 5.75 Å². The van der Waals surface area contributed by atoms with E-state index in [0.717, 1.165) is 51.3 Å². The molecule has 2 aromatic carbocycles. The van der Waals surface area contributed by atoms with E-state index in [9.17, 15) is 9.59 Å². The molecular formula is C29H39N3O3. The average Bonchev–Trinajstić information content (AvgIpc) is 3.14. The third-order valence-electron chi connectivity index (χ3n) is 7.26. The molecule has 0 aromatic heterocycles. The zero-order valence-corrected chi connectivity index (χ0v) is 21.1. The topological polar surface area (TPSA) is 53.1 Å². The highest BCUT2D eigenvalue weighted by atomic mass is 16.5. The number of amides is 2. The summed E-state index contributed by atoms with van der Waals surface area (Å²) in [4.78, 5) is 31.3. The summed E-state index contributed by atoms with van der Waals surface area (Å²) < 4.78 is 5.24. The number of methoxy groups -OCH3 is 1. The maximum Gasteiger partial charge on any atom is 0.261 e. The largest absolute Gasteiger partial charge is 0.497 e. The molecule has 2 heterocycles. The van der Waals surface area contributed by atoms with Crippen molar-refractivity contribution in [3.05, 3.63) is 65.2 Å². The molecule has 0 saturated carbocycles. The molecule has 0 spiro atoms. The Morgan fingerprint density at radius 3 is 1.74 bits per heavy atom. The van der Waals surface area contributed by atoms with E-state index in [2.05, 4.69) is 21.9 Å². The second-order valence-electron chi connectivity index (χ2n) is 9.75. The van der Waals surface area contributed by atoms with Gasteiger partial charge in [-0.05, 0) is 49.2 Å². The molecule has 35 heavy (non-hydrogen) atoms. The molecule has 188 valence electrons. The molecule has 2 aromatic rings. The van der Waals surface area contributed by atoms with Gasteiger partial charge >= 0.3 is 0 Å². The number of benzene rings is 2. The first-order valence-corrected chi connectivity index (χ1v) is 13.2. The Bertz CT molecular complexity index is 932. The summed E-state index contributed by atoms with van der Waals surface area (Å²) in [5.41, 5.74) is 2.45. The Hall–Kier alpha value is -2.70. The number of carbonyl (C=O) groups is 2. The van der Waals surface area contributed by atoms with Gasteiger partial charge in [-0.25, -0.2) is 0 Å². The van der Waals surface area contributed by atoms with Gasteiger partial charge in [-0.2, -0.15) is 0 Å². The lowest BCUT2D eigenvalue weighted by molar-refractivity contribution is 0.0651. The first-order valence-electron chi connectivity index (χ1n) is 13.2. The summed E-state index contributed by atoms with van der Waals surface area (Å²) in [6, 6.07) is 15.5. The van der Waals surface area contributed by atoms with Crippen LogP contribution in [0.4, 0.5) is 0 Å². The van der Waals surface area contributed by atoms with E-state index in [1.807, 2.05) is 24.3 Å². The Morgan fingerprint density at radius 2 is 1.17 bits per heavy atom. The number of carbonyl (C=O) groups excluding carboxylic acids is 2. The molecule has 0 atom stereocenters. The predicted octanol–water partition coefficient (Wildman–Crippen LogP) is 4.84. The molecule has 4 rings (SSSR count). The highest BCUT2D eigenvalue weighted by molar-refractivity contribution is 6.21. The number of rotatable bonds is 13. The van der Waals surface area contributed by atoms with Gasteiger partial charge in [-0.3, -0.25) is 19.4 Å². The number of hydrogen-bond acceptors (Lipinski definition) is 5. The molecular weight excluding hydrogens is 438 g/mol. The molecule has 1 fully saturated rings. The van der Waals surface area contributed by atoms with Crippen LogP contribution in [-0.2, 0) is 6.54 Å². The van der Waals surface area contributed by atoms with Gasteiger partial charge in [0.2, 0.25) is 0 Å². The third kappa shape index (κ3) is 6.92. The number of imide groups is 1. The van der Waals surface area contributed by atoms with Crippen LogP contribution in [0.2, 0.25) is 0 Å². The molecule has 0 N–H and O–H groups in total. The highest BCUT2D eigenvalue weighted by Crippen LogP contribution is 2.23. The molecule has 6 nitrogen and oxygen atoms in total. The van der Waals surface area contributed by atoms with Crippen molar-refractivity contribution in [2.45, 2.75) is 51.5 Å². The Balaban J connectivity index is 0.997. The normalized spacial score (nSPS) is 16.7. The number of fused-ring (bicyclic) bond motifs is 1. The smallest absolute Gasteiger partial charge is 0.261 e. The lowest BCUT2D eigenvalue weighted by Gasteiger charge is -2.34. The van der Waals surface area contributed by atoms with Crippen molar-refractivity contribution < 1.29 is 14.3 Å². The predicted molar refractivity (Wildman–Crippen MR) is 139 cm³/mol. The van der Waals surface area contributed by atoms with Crippen LogP contribution in [0.3, 0.4) is 0 Å². The van der Waals surface area contributed by atoms with Gasteiger partial charge in [-0.15, -0.1) is 0 Å². The third-order valence-corrected chi connectivity index (χ3v) is 7.26. The SMILES string of the molecule is COc1ccc(CN2CCN(CCCCCCCCCN3C(=O)c4ccccc4C3=O)CC2)cc1. The van der Waals surface area contributed by atoms with Crippen LogP contribution in [0.15, 0.2) is 48.5 Å². The molecule has 2 amide bonds. The lowest BCUT2D eigenvalue weighted by Crippen LogP contribution is -2.46. The first-order chi connectivity index (χ1) is 17.2. The number of ether oxygens (including phenoxy) is 1. The van der Waals surface area contributed by atoms with E-state index in [1.54, 1.807) is 19.2 Å². The quantitative estimate of drug-likeness (QED) is 0.305. The van der Waals surface area contributed by atoms with Crippen LogP contribution in [0.1, 0.15) is 71.2 Å². The fourth-order valence-corrected chi connectivity index (χ4v) is 5.09. The Labute approximate surface area is 209 Å². The van der Waals surface area contributed by atoms with E-state index in [-0.39, 0.29) is 11.8 Å². The number of unbranched alkanes of at least 4 members (excludes halogenated alkanes) is 6. The zero-order chi connectivity index (χ0) is 24.5. The summed E-state index contributed by atoms with van der Waals surface area (Å²) >= 11 is 0. The summed E-state index contributed by atoms with van der Waals surface area (Å²) in [7, 11) is 1.71. The number of hydrogen-bond donors (Lipinski definition) is 0. The number of piperazine rings is 1. The van der Waals surface area contributed by atoms with E-state index in [4.69, 9.17) is 4.74 Å². The van der Waals surface area contributed by atoms with Crippen LogP contribution in [0, 0.1) is 0 Å². The van der Waals surface area contributed by atoms with E-state index >= 15 is 0 Å². The minimum Gasteiger partial charge on any atom is -0.497 e. The lowest BCUT2D eigenvalue weighted by atomic mass is 10.1. The minimum absolute atomic E-state index is 0.132. The maximum absolute atomic E-state index is 12.4. The Morgan fingerprint density at radius 1 is 0.657 bits per heavy atom. The summed E-state index contributed by atoms with van der Waals surface area (Å²) in [5, 5.41) is 0. The molecule has 0 unspecified atom stereocenters. The van der Waals surface area contributed by atoms with E-state index in [1.165, 1.54) is 49.1 Å². The van der Waals surface area contributed by atoms with Gasteiger partial charge < -0.3 is 9.64 Å². The van der Waals surface area contributed by atoms with Crippen molar-refractivity contribution in [3.8, 4) is 5.75 Å². The highest BCUT2D eigenvalue weighted by Gasteiger charge is 2.34. The zero-order valence-electron chi connectivity index (χ0n) is 21.1. The van der Waals surface area contributed by atoms with Crippen molar-refractivity contribution in [3.63, 3.8) is 0 Å². The van der Waals surface area contributed by atoms with Crippen LogP contribution in [0.25, 0.3) is 0 Å². The average molecular weight is 478 g/mol. The van der Waals surface area contributed by atoms with Gasteiger partial charge in [0.25, 0.3) is 11.8 Å². The standard InChI is InChI=1S/C29H39N3O3/c1-35-25-15-13-24(14-16-25)23-31-21-19-30(20-22-31)17-9-5-3-2-4-6-10-18-32-28(33)26-11-7-8-12-27(26)29(32)34/h7-8,11-16H,2-6,9-10,17-23H2,1H3. The molecule has 2 aliphatic heterocycles. The molecule has 2 aliphatic rings. The first kappa shape index (κ1) is 25.4. The maximum atomic E-state index is 12.4. The second kappa shape index (κ2) is 12.8. The summed E-state index contributed by atoms with van der Waals surface area (Å²) in [5.74, 6) is 0.652. The Kier molecular flexibility index (Phi) is 9.32. The van der Waals surface area contributed by atoms with Crippen molar-refractivity contribution in [1.29, 1.82) is 0 Å². The van der Waals surface area contributed by atoms with Gasteiger partial charge in [0.15, 0.2) is 0 Å². The minimum atomic E-state index is -0.132. The van der Waals surface area contributed by atoms with Crippen molar-refractivity contribution in [2.24, 2.45) is 0 Å². The van der Waals surface area contributed by atoms with Crippen LogP contribution >= 0.6 is 0 Å². The molecule has 0 aliphatic carbocycles. The molecule has 1 saturated heterocycles. The van der Waals surface area contributed by atoms with Crippen LogP contribution in [0.5, 0.6) is 5.75 Å². The van der Waals surface area contributed by atoms with Gasteiger partial charge in [0, 0.05) is 39.3 Å². The van der Waals surface area contributed by atoms with E-state index in [0.29, 0.717) is 17.7 Å². The van der Waals surface area contributed by atoms with Gasteiger partial charge in [-0.1, -0.05) is 56.4 Å². The van der Waals surface area contributed by atoms with Crippen LogP contribution < -0.4 is 4.74 Å².